The second-order valence-electron chi connectivity index (χ2n) is 12.3. The van der Waals surface area contributed by atoms with Gasteiger partial charge in [0.2, 0.25) is 5.79 Å². The van der Waals surface area contributed by atoms with Crippen LogP contribution in [0, 0.1) is 21.0 Å². The lowest BCUT2D eigenvalue weighted by Gasteiger charge is -2.45. The number of hydrogen-bond donors (Lipinski definition) is 2. The van der Waals surface area contributed by atoms with Crippen molar-refractivity contribution in [2.24, 2.45) is 0 Å². The minimum atomic E-state index is -4.54. The van der Waals surface area contributed by atoms with Gasteiger partial charge in [0, 0.05) is 3.57 Å². The first-order valence-corrected chi connectivity index (χ1v) is 17.3. The fraction of sp³-hybridized carbons (Fsp3) is 0.424. The molecular weight excluding hydrogens is 720 g/mol. The van der Waals surface area contributed by atoms with E-state index in [0.29, 0.717) is 21.1 Å². The molecule has 0 radical (unpaired) electrons. The Morgan fingerprint density at radius 1 is 0.978 bits per heavy atom. The molecule has 1 heterocycles. The maximum absolute atomic E-state index is 14.9. The van der Waals surface area contributed by atoms with Crippen molar-refractivity contribution in [2.75, 3.05) is 18.4 Å². The first-order chi connectivity index (χ1) is 20.9. The van der Waals surface area contributed by atoms with Crippen LogP contribution in [0.2, 0.25) is 0 Å². The number of hydrogen-bond acceptors (Lipinski definition) is 6. The van der Waals surface area contributed by atoms with Gasteiger partial charge in [0.15, 0.2) is 11.6 Å². The number of nitrogens with one attached hydrogen (secondary N) is 1. The number of carbonyl (C=O) groups excluding carboxylic acids is 1. The fourth-order valence-electron chi connectivity index (χ4n) is 5.74. The molecule has 12 heteroatoms. The second-order valence-corrected chi connectivity index (χ2v) is 15.0. The highest BCUT2D eigenvalue weighted by Crippen LogP contribution is 2.41. The second kappa shape index (κ2) is 13.2. The van der Waals surface area contributed by atoms with Crippen LogP contribution in [-0.2, 0) is 20.7 Å². The van der Waals surface area contributed by atoms with Crippen LogP contribution in [0.25, 0.3) is 0 Å². The number of carbonyl (C=O) groups is 1. The number of halogens is 4. The third-order valence-electron chi connectivity index (χ3n) is 7.86. The zero-order valence-corrected chi connectivity index (χ0v) is 29.2. The predicted octanol–water partition coefficient (Wildman–Crippen LogP) is 7.93. The molecule has 4 rings (SSSR count). The van der Waals surface area contributed by atoms with Gasteiger partial charge < -0.3 is 15.3 Å². The van der Waals surface area contributed by atoms with Crippen LogP contribution >= 0.6 is 22.6 Å². The molecule has 0 atom stereocenters. The standard InChI is InChI=1S/C33H38F3IN2O5S/c1-8-21-23(17(2)3)14-24(18(4)5)31(28(21)19(6)7)45(42,43)44-33(41)15-39(16-33)32(40)22-10-11-25(34)29(36)30(22)38-27-12-9-20(37)13-26(27)35/h9-14,17-19,38,41H,8,15-16H2,1-7H3. The molecule has 2 N–H and O–H groups in total. The normalized spacial score (nSPS) is 14.8. The highest BCUT2D eigenvalue weighted by Gasteiger charge is 2.50. The molecule has 1 amide bonds. The molecule has 0 aromatic heterocycles. The van der Waals surface area contributed by atoms with Crippen molar-refractivity contribution >= 4 is 50.0 Å². The maximum Gasteiger partial charge on any atom is 0.300 e. The van der Waals surface area contributed by atoms with E-state index in [9.17, 15) is 31.5 Å². The van der Waals surface area contributed by atoms with Crippen LogP contribution in [0.3, 0.4) is 0 Å². The van der Waals surface area contributed by atoms with Gasteiger partial charge in [-0.3, -0.25) is 4.79 Å². The van der Waals surface area contributed by atoms with Crippen LogP contribution in [0.1, 0.15) is 98.8 Å². The fourth-order valence-corrected chi connectivity index (χ4v) is 8.00. The van der Waals surface area contributed by atoms with Crippen molar-refractivity contribution in [3.8, 4) is 0 Å². The summed E-state index contributed by atoms with van der Waals surface area (Å²) in [5.74, 6) is -6.68. The molecule has 244 valence electrons. The number of likely N-dealkylation sites (tertiary alicyclic amines) is 1. The lowest BCUT2D eigenvalue weighted by Crippen LogP contribution is -2.65. The number of benzene rings is 3. The van der Waals surface area contributed by atoms with Crippen LogP contribution in [0.4, 0.5) is 24.5 Å². The number of aliphatic hydroxyl groups is 1. The highest BCUT2D eigenvalue weighted by molar-refractivity contribution is 14.1. The Morgan fingerprint density at radius 3 is 2.13 bits per heavy atom. The van der Waals surface area contributed by atoms with Gasteiger partial charge in [0.1, 0.15) is 10.7 Å². The molecule has 0 bridgehead atoms. The van der Waals surface area contributed by atoms with Gasteiger partial charge in [0.05, 0.1) is 30.0 Å². The molecular formula is C33H38F3IN2O5S. The molecule has 3 aromatic rings. The molecule has 1 saturated heterocycles. The van der Waals surface area contributed by atoms with Gasteiger partial charge in [-0.25, -0.2) is 17.4 Å². The van der Waals surface area contributed by atoms with E-state index in [-0.39, 0.29) is 33.9 Å². The van der Waals surface area contributed by atoms with E-state index in [2.05, 4.69) is 19.2 Å². The Labute approximate surface area is 276 Å². The Bertz CT molecular complexity index is 1740. The number of β-amino-alcohol motifs (C(OH)–C–C–N with tert-alkyl or cyclic N) is 1. The van der Waals surface area contributed by atoms with E-state index < -0.39 is 58.0 Å². The first kappa shape index (κ1) is 35.2. The number of rotatable bonds is 10. The summed E-state index contributed by atoms with van der Waals surface area (Å²) in [4.78, 5) is 14.5. The minimum Gasteiger partial charge on any atom is -0.362 e. The SMILES string of the molecule is CCc1c(C(C)C)cc(C(C)C)c(S(=O)(=O)OC2(O)CN(C(=O)c3ccc(F)c(F)c3Nc3ccc(I)cc3F)C2)c1C(C)C. The summed E-state index contributed by atoms with van der Waals surface area (Å²) in [6.07, 6.45) is 0.602. The lowest BCUT2D eigenvalue weighted by molar-refractivity contribution is -0.207. The molecule has 0 spiro atoms. The summed E-state index contributed by atoms with van der Waals surface area (Å²) in [7, 11) is -4.54. The quantitative estimate of drug-likeness (QED) is 0.124. The molecule has 0 saturated carbocycles. The number of nitrogens with zero attached hydrogens (tertiary/aromatic N) is 1. The number of anilines is 2. The summed E-state index contributed by atoms with van der Waals surface area (Å²) in [5.41, 5.74) is 2.10. The smallest absolute Gasteiger partial charge is 0.300 e. The van der Waals surface area contributed by atoms with E-state index in [1.165, 1.54) is 12.1 Å². The molecule has 0 unspecified atom stereocenters. The van der Waals surface area contributed by atoms with Gasteiger partial charge in [-0.1, -0.05) is 54.5 Å². The average molecular weight is 759 g/mol. The first-order valence-electron chi connectivity index (χ1n) is 14.8. The zero-order valence-electron chi connectivity index (χ0n) is 26.3. The monoisotopic (exact) mass is 758 g/mol. The third kappa shape index (κ3) is 7.03. The van der Waals surface area contributed by atoms with E-state index >= 15 is 0 Å². The van der Waals surface area contributed by atoms with Crippen molar-refractivity contribution in [1.29, 1.82) is 0 Å². The summed E-state index contributed by atoms with van der Waals surface area (Å²) in [5, 5.41) is 13.6. The Balaban J connectivity index is 1.65. The van der Waals surface area contributed by atoms with E-state index in [4.69, 9.17) is 4.18 Å². The Morgan fingerprint density at radius 2 is 1.60 bits per heavy atom. The topological polar surface area (TPSA) is 95.9 Å². The molecule has 1 fully saturated rings. The Kier molecular flexibility index (Phi) is 10.3. The van der Waals surface area contributed by atoms with Gasteiger partial charge in [0.25, 0.3) is 16.0 Å². The van der Waals surface area contributed by atoms with E-state index in [1.54, 1.807) is 6.07 Å². The van der Waals surface area contributed by atoms with Gasteiger partial charge in [-0.15, -0.1) is 0 Å². The summed E-state index contributed by atoms with van der Waals surface area (Å²) < 4.78 is 77.6. The van der Waals surface area contributed by atoms with Gasteiger partial charge >= 0.3 is 0 Å². The molecule has 45 heavy (non-hydrogen) atoms. The molecule has 7 nitrogen and oxygen atoms in total. The van der Waals surface area contributed by atoms with Crippen LogP contribution < -0.4 is 5.32 Å². The molecule has 0 aliphatic carbocycles. The van der Waals surface area contributed by atoms with Crippen molar-refractivity contribution < 1.29 is 35.7 Å². The van der Waals surface area contributed by atoms with Crippen molar-refractivity contribution in [3.05, 3.63) is 85.2 Å². The molecule has 1 aliphatic heterocycles. The third-order valence-corrected chi connectivity index (χ3v) is 10.0. The highest BCUT2D eigenvalue weighted by atomic mass is 127. The number of amides is 1. The largest absolute Gasteiger partial charge is 0.362 e. The lowest BCUT2D eigenvalue weighted by atomic mass is 9.83. The van der Waals surface area contributed by atoms with Crippen LogP contribution in [0.15, 0.2) is 41.3 Å². The van der Waals surface area contributed by atoms with Gasteiger partial charge in [-0.05, 0) is 99.4 Å². The van der Waals surface area contributed by atoms with Gasteiger partial charge in [-0.2, -0.15) is 8.42 Å². The molecule has 3 aromatic carbocycles. The minimum absolute atomic E-state index is 0.0265. The average Bonchev–Trinajstić information content (AvgIpc) is 2.93. The maximum atomic E-state index is 14.9. The summed E-state index contributed by atoms with van der Waals surface area (Å²) >= 11 is 1.90. The van der Waals surface area contributed by atoms with Crippen molar-refractivity contribution in [3.63, 3.8) is 0 Å². The van der Waals surface area contributed by atoms with E-state index in [0.717, 1.165) is 28.2 Å². The summed E-state index contributed by atoms with van der Waals surface area (Å²) in [6, 6.07) is 7.76. The van der Waals surface area contributed by atoms with Crippen molar-refractivity contribution in [2.45, 2.75) is 83.3 Å². The van der Waals surface area contributed by atoms with E-state index in [1.807, 2.05) is 63.3 Å². The summed E-state index contributed by atoms with van der Waals surface area (Å²) in [6.45, 7) is 12.6. The molecule has 1 aliphatic rings. The van der Waals surface area contributed by atoms with Crippen LogP contribution in [0.5, 0.6) is 0 Å². The van der Waals surface area contributed by atoms with Crippen LogP contribution in [-0.4, -0.2) is 43.2 Å². The Hall–Kier alpha value is -2.68. The zero-order chi connectivity index (χ0) is 33.6. The predicted molar refractivity (Wildman–Crippen MR) is 176 cm³/mol. The van der Waals surface area contributed by atoms with Crippen molar-refractivity contribution in [1.82, 2.24) is 4.90 Å².